The summed E-state index contributed by atoms with van der Waals surface area (Å²) in [7, 11) is 0. The number of imide groups is 1. The molecule has 0 saturated heterocycles. The maximum Gasteiger partial charge on any atom is 0.331 e. The molecule has 0 rings (SSSR count). The van der Waals surface area contributed by atoms with E-state index < -0.39 is 17.9 Å². The van der Waals surface area contributed by atoms with Gasteiger partial charge < -0.3 is 10.5 Å². The lowest BCUT2D eigenvalue weighted by Gasteiger charge is -2.09. The van der Waals surface area contributed by atoms with Crippen molar-refractivity contribution in [1.29, 1.82) is 0 Å². The van der Waals surface area contributed by atoms with Gasteiger partial charge in [0.1, 0.15) is 0 Å². The zero-order chi connectivity index (χ0) is 12.6. The number of ether oxygens (including phenoxy) is 1. The van der Waals surface area contributed by atoms with E-state index in [4.69, 9.17) is 10.5 Å². The first-order valence-electron chi connectivity index (χ1n) is 4.94. The molecule has 0 heterocycles. The Hall–Kier alpha value is -1.85. The molecule has 0 radical (unpaired) electrons. The first-order valence-corrected chi connectivity index (χ1v) is 4.94. The lowest BCUT2D eigenvalue weighted by Crippen LogP contribution is -2.33. The second kappa shape index (κ2) is 7.44. The molecule has 3 N–H and O–H groups in total. The monoisotopic (exact) mass is 228 g/mol. The molecular weight excluding hydrogens is 212 g/mol. The third-order valence-electron chi connectivity index (χ3n) is 1.63. The molecule has 6 heteroatoms. The lowest BCUT2D eigenvalue weighted by atomic mass is 10.2. The molecule has 0 aliphatic heterocycles. The normalized spacial score (nSPS) is 12.1. The minimum atomic E-state index is -0.970. The van der Waals surface area contributed by atoms with Gasteiger partial charge in [-0.05, 0) is 13.3 Å². The topological polar surface area (TPSA) is 98.5 Å². The van der Waals surface area contributed by atoms with Crippen LogP contribution in [0.25, 0.3) is 0 Å². The van der Waals surface area contributed by atoms with Crippen molar-refractivity contribution < 1.29 is 19.1 Å². The van der Waals surface area contributed by atoms with E-state index in [1.54, 1.807) is 12.2 Å². The van der Waals surface area contributed by atoms with Gasteiger partial charge in [0.15, 0.2) is 0 Å². The first kappa shape index (κ1) is 14.2. The highest BCUT2D eigenvalue weighted by Gasteiger charge is 2.06. The molecule has 3 amide bonds. The molecule has 0 fully saturated rings. The molecule has 0 aromatic rings. The van der Waals surface area contributed by atoms with Gasteiger partial charge in [-0.25, -0.2) is 9.59 Å². The summed E-state index contributed by atoms with van der Waals surface area (Å²) in [6.45, 7) is 3.74. The fourth-order valence-corrected chi connectivity index (χ4v) is 1.01. The molecule has 0 aromatic carbocycles. The molecule has 1 unspecified atom stereocenters. The van der Waals surface area contributed by atoms with Gasteiger partial charge >= 0.3 is 12.0 Å². The summed E-state index contributed by atoms with van der Waals surface area (Å²) in [5, 5.41) is 1.78. The van der Waals surface area contributed by atoms with Gasteiger partial charge in [-0.1, -0.05) is 13.3 Å². The number of rotatable bonds is 5. The van der Waals surface area contributed by atoms with Crippen molar-refractivity contribution >= 4 is 17.9 Å². The first-order chi connectivity index (χ1) is 7.45. The molecule has 0 aromatic heterocycles. The number of nitrogens with one attached hydrogen (secondary N) is 1. The molecule has 0 bridgehead atoms. The summed E-state index contributed by atoms with van der Waals surface area (Å²) in [4.78, 5) is 32.2. The van der Waals surface area contributed by atoms with E-state index in [0.717, 1.165) is 25.0 Å². The van der Waals surface area contributed by atoms with Crippen molar-refractivity contribution in [2.45, 2.75) is 32.8 Å². The Morgan fingerprint density at radius 2 is 2.00 bits per heavy atom. The van der Waals surface area contributed by atoms with Crippen LogP contribution in [-0.2, 0) is 14.3 Å². The second-order valence-electron chi connectivity index (χ2n) is 3.22. The zero-order valence-corrected chi connectivity index (χ0v) is 9.36. The molecule has 16 heavy (non-hydrogen) atoms. The van der Waals surface area contributed by atoms with Crippen molar-refractivity contribution in [2.24, 2.45) is 5.73 Å². The van der Waals surface area contributed by atoms with Crippen LogP contribution < -0.4 is 11.1 Å². The maximum atomic E-state index is 11.1. The van der Waals surface area contributed by atoms with Crippen LogP contribution in [0, 0.1) is 0 Å². The van der Waals surface area contributed by atoms with Crippen molar-refractivity contribution in [2.75, 3.05) is 0 Å². The quantitative estimate of drug-likeness (QED) is 0.527. The van der Waals surface area contributed by atoms with Crippen LogP contribution in [0.1, 0.15) is 26.7 Å². The molecule has 0 spiro atoms. The van der Waals surface area contributed by atoms with E-state index in [0.29, 0.717) is 0 Å². The van der Waals surface area contributed by atoms with E-state index in [2.05, 4.69) is 0 Å². The highest BCUT2D eigenvalue weighted by Crippen LogP contribution is 2.01. The van der Waals surface area contributed by atoms with Crippen molar-refractivity contribution in [1.82, 2.24) is 5.32 Å². The Balaban J connectivity index is 3.99. The predicted molar refractivity (Wildman–Crippen MR) is 57.3 cm³/mol. The van der Waals surface area contributed by atoms with Gasteiger partial charge in [-0.2, -0.15) is 0 Å². The van der Waals surface area contributed by atoms with Crippen LogP contribution in [0.3, 0.4) is 0 Å². The van der Waals surface area contributed by atoms with Gasteiger partial charge in [0.05, 0.1) is 6.10 Å². The number of primary amides is 1. The van der Waals surface area contributed by atoms with Gasteiger partial charge in [0.25, 0.3) is 5.91 Å². The van der Waals surface area contributed by atoms with E-state index in [1.165, 1.54) is 0 Å². The molecule has 0 aliphatic carbocycles. The SMILES string of the molecule is CCCC(C)OC(=O)/C=C/C(=O)NC(N)=O. The van der Waals surface area contributed by atoms with Crippen LogP contribution in [0.5, 0.6) is 0 Å². The molecular formula is C10H16N2O4. The molecule has 90 valence electrons. The van der Waals surface area contributed by atoms with E-state index in [-0.39, 0.29) is 6.10 Å². The largest absolute Gasteiger partial charge is 0.460 e. The summed E-state index contributed by atoms with van der Waals surface area (Å²) in [5.74, 6) is -1.38. The standard InChI is InChI=1S/C10H16N2O4/c1-3-4-7(2)16-9(14)6-5-8(13)12-10(11)15/h5-7H,3-4H2,1-2H3,(H3,11,12,13,15)/b6-5+. The summed E-state index contributed by atoms with van der Waals surface area (Å²) in [5.41, 5.74) is 4.70. The number of carbonyl (C=O) groups excluding carboxylic acids is 3. The summed E-state index contributed by atoms with van der Waals surface area (Å²) >= 11 is 0. The number of esters is 1. The van der Waals surface area contributed by atoms with Crippen LogP contribution in [0.2, 0.25) is 0 Å². The molecule has 1 atom stereocenters. The Labute approximate surface area is 93.8 Å². The van der Waals surface area contributed by atoms with Crippen molar-refractivity contribution in [3.63, 3.8) is 0 Å². The highest BCUT2D eigenvalue weighted by molar-refractivity contribution is 6.02. The number of hydrogen-bond donors (Lipinski definition) is 2. The van der Waals surface area contributed by atoms with Crippen LogP contribution in [-0.4, -0.2) is 24.0 Å². The maximum absolute atomic E-state index is 11.1. The van der Waals surface area contributed by atoms with Crippen molar-refractivity contribution in [3.8, 4) is 0 Å². The second-order valence-corrected chi connectivity index (χ2v) is 3.22. The molecule has 6 nitrogen and oxygen atoms in total. The van der Waals surface area contributed by atoms with Gasteiger partial charge in [0.2, 0.25) is 0 Å². The fraction of sp³-hybridized carbons (Fsp3) is 0.500. The van der Waals surface area contributed by atoms with Crippen molar-refractivity contribution in [3.05, 3.63) is 12.2 Å². The van der Waals surface area contributed by atoms with Crippen LogP contribution in [0.4, 0.5) is 4.79 Å². The number of hydrogen-bond acceptors (Lipinski definition) is 4. The summed E-state index contributed by atoms with van der Waals surface area (Å²) in [6, 6.07) is -0.970. The fourth-order valence-electron chi connectivity index (χ4n) is 1.01. The Kier molecular flexibility index (Phi) is 6.58. The van der Waals surface area contributed by atoms with E-state index >= 15 is 0 Å². The Morgan fingerprint density at radius 1 is 1.38 bits per heavy atom. The van der Waals surface area contributed by atoms with Gasteiger partial charge in [-0.3, -0.25) is 10.1 Å². The van der Waals surface area contributed by atoms with Crippen LogP contribution in [0.15, 0.2) is 12.2 Å². The zero-order valence-electron chi connectivity index (χ0n) is 9.36. The highest BCUT2D eigenvalue weighted by atomic mass is 16.5. The number of urea groups is 1. The van der Waals surface area contributed by atoms with Gasteiger partial charge in [-0.15, -0.1) is 0 Å². The molecule has 0 aliphatic rings. The summed E-state index contributed by atoms with van der Waals surface area (Å²) < 4.78 is 4.92. The lowest BCUT2D eigenvalue weighted by molar-refractivity contribution is -0.142. The predicted octanol–water partition coefficient (Wildman–Crippen LogP) is 0.469. The summed E-state index contributed by atoms with van der Waals surface area (Å²) in [6.07, 6.45) is 3.31. The number of nitrogens with two attached hydrogens (primary N) is 1. The average Bonchev–Trinajstić information content (AvgIpc) is 2.14. The minimum absolute atomic E-state index is 0.193. The Morgan fingerprint density at radius 3 is 2.50 bits per heavy atom. The van der Waals surface area contributed by atoms with Gasteiger partial charge in [0, 0.05) is 12.2 Å². The number of amides is 3. The number of carbonyl (C=O) groups is 3. The smallest absolute Gasteiger partial charge is 0.331 e. The van der Waals surface area contributed by atoms with E-state index in [9.17, 15) is 14.4 Å². The van der Waals surface area contributed by atoms with Crippen LogP contribution >= 0.6 is 0 Å². The average molecular weight is 228 g/mol. The third kappa shape index (κ3) is 7.54. The third-order valence-corrected chi connectivity index (χ3v) is 1.63. The molecule has 0 saturated carbocycles. The minimum Gasteiger partial charge on any atom is -0.460 e. The van der Waals surface area contributed by atoms with E-state index in [1.807, 2.05) is 6.92 Å². The Bertz CT molecular complexity index is 299.